The number of pyridine rings is 1. The quantitative estimate of drug-likeness (QED) is 0.424. The normalized spacial score (nSPS) is 15.7. The Balaban J connectivity index is 2.96. The van der Waals surface area contributed by atoms with Gasteiger partial charge in [0.1, 0.15) is 0 Å². The zero-order valence-corrected chi connectivity index (χ0v) is 13.0. The van der Waals surface area contributed by atoms with E-state index < -0.39 is 18.4 Å². The minimum absolute atomic E-state index is 0.275. The molecule has 1 atom stereocenters. The second kappa shape index (κ2) is 7.53. The highest BCUT2D eigenvalue weighted by molar-refractivity contribution is 7.80. The third-order valence-corrected chi connectivity index (χ3v) is 3.13. The van der Waals surface area contributed by atoms with Crippen LogP contribution in [0.2, 0.25) is 0 Å². The van der Waals surface area contributed by atoms with Gasteiger partial charge in [-0.15, -0.1) is 12.6 Å². The van der Waals surface area contributed by atoms with E-state index in [4.69, 9.17) is 0 Å². The van der Waals surface area contributed by atoms with Crippen LogP contribution in [-0.4, -0.2) is 30.4 Å². The van der Waals surface area contributed by atoms with Crippen molar-refractivity contribution in [1.29, 1.82) is 0 Å². The highest BCUT2D eigenvalue weighted by atomic mass is 32.1. The van der Waals surface area contributed by atoms with Crippen molar-refractivity contribution in [2.24, 2.45) is 0 Å². The van der Waals surface area contributed by atoms with E-state index in [9.17, 15) is 17.6 Å². The van der Waals surface area contributed by atoms with Crippen LogP contribution in [0.3, 0.4) is 0 Å². The Hall–Kier alpha value is -1.70. The molecule has 0 aliphatic carbocycles. The number of allylic oxidation sites excluding steroid dienone is 1. The van der Waals surface area contributed by atoms with Crippen LogP contribution in [0, 0.1) is 0 Å². The van der Waals surface area contributed by atoms with E-state index >= 15 is 0 Å². The van der Waals surface area contributed by atoms with E-state index in [0.29, 0.717) is 17.5 Å². The molecule has 1 aromatic heterocycles. The second-order valence-corrected chi connectivity index (χ2v) is 5.16. The highest BCUT2D eigenvalue weighted by Crippen LogP contribution is 2.33. The van der Waals surface area contributed by atoms with Crippen molar-refractivity contribution in [1.82, 2.24) is 15.6 Å². The first-order valence-corrected chi connectivity index (χ1v) is 6.81. The molecule has 1 unspecified atom stereocenters. The molecule has 122 valence electrons. The molecule has 1 heterocycles. The molecule has 1 rings (SSSR count). The SMILES string of the molecule is CN/C=C\C(=C/c1ncccc1S)NCC(C)(F)C(F)(F)F. The van der Waals surface area contributed by atoms with Gasteiger partial charge in [-0.25, -0.2) is 4.39 Å². The number of nitrogens with zero attached hydrogens (tertiary/aromatic N) is 1. The minimum atomic E-state index is -4.95. The number of rotatable bonds is 6. The molecule has 0 bridgehead atoms. The van der Waals surface area contributed by atoms with E-state index in [1.165, 1.54) is 24.5 Å². The van der Waals surface area contributed by atoms with Crippen molar-refractivity contribution >= 4 is 18.7 Å². The van der Waals surface area contributed by atoms with Crippen molar-refractivity contribution in [3.63, 3.8) is 0 Å². The summed E-state index contributed by atoms with van der Waals surface area (Å²) in [6.45, 7) is -0.421. The van der Waals surface area contributed by atoms with Crippen molar-refractivity contribution in [3.05, 3.63) is 42.0 Å². The van der Waals surface area contributed by atoms with E-state index in [1.54, 1.807) is 19.2 Å². The van der Waals surface area contributed by atoms with Gasteiger partial charge in [-0.05, 0) is 37.4 Å². The summed E-state index contributed by atoms with van der Waals surface area (Å²) in [4.78, 5) is 4.61. The average molecular weight is 335 g/mol. The maximum atomic E-state index is 13.6. The Labute approximate surface area is 131 Å². The van der Waals surface area contributed by atoms with E-state index in [2.05, 4.69) is 28.2 Å². The number of alkyl halides is 4. The van der Waals surface area contributed by atoms with E-state index in [1.807, 2.05) is 0 Å². The third kappa shape index (κ3) is 5.25. The molecule has 22 heavy (non-hydrogen) atoms. The molecular weight excluding hydrogens is 318 g/mol. The number of thiol groups is 1. The Morgan fingerprint density at radius 2 is 2.05 bits per heavy atom. The van der Waals surface area contributed by atoms with Gasteiger partial charge in [-0.3, -0.25) is 4.98 Å². The molecule has 2 N–H and O–H groups in total. The molecule has 0 saturated heterocycles. The second-order valence-electron chi connectivity index (χ2n) is 4.68. The number of hydrogen-bond donors (Lipinski definition) is 3. The minimum Gasteiger partial charge on any atom is -0.394 e. The van der Waals surface area contributed by atoms with Crippen LogP contribution >= 0.6 is 12.6 Å². The first-order valence-electron chi connectivity index (χ1n) is 6.36. The number of hydrogen-bond acceptors (Lipinski definition) is 4. The molecule has 0 spiro atoms. The van der Waals surface area contributed by atoms with Crippen molar-refractivity contribution in [2.45, 2.75) is 23.7 Å². The van der Waals surface area contributed by atoms with Crippen molar-refractivity contribution in [2.75, 3.05) is 13.6 Å². The van der Waals surface area contributed by atoms with Gasteiger partial charge in [0.15, 0.2) is 0 Å². The molecule has 0 fully saturated rings. The molecule has 8 heteroatoms. The lowest BCUT2D eigenvalue weighted by Crippen LogP contribution is -2.46. The topological polar surface area (TPSA) is 37.0 Å². The van der Waals surface area contributed by atoms with Crippen molar-refractivity contribution < 1.29 is 17.6 Å². The molecule has 0 amide bonds. The van der Waals surface area contributed by atoms with Gasteiger partial charge in [0, 0.05) is 23.8 Å². The standard InChI is InChI=1S/C14H17F4N3S/c1-13(15,14(16,17)18)9-21-10(5-7-19-2)8-11-12(22)4-3-6-20-11/h3-8,19,21-22H,9H2,1-2H3/b7-5-,10-8+. The summed E-state index contributed by atoms with van der Waals surface area (Å²) in [6.07, 6.45) is 1.05. The molecule has 0 radical (unpaired) electrons. The molecule has 1 aromatic rings. The van der Waals surface area contributed by atoms with Crippen LogP contribution < -0.4 is 10.6 Å². The van der Waals surface area contributed by atoms with Crippen molar-refractivity contribution in [3.8, 4) is 0 Å². The summed E-state index contributed by atoms with van der Waals surface area (Å²) in [7, 11) is 1.63. The van der Waals surface area contributed by atoms with E-state index in [-0.39, 0.29) is 5.70 Å². The molecule has 3 nitrogen and oxygen atoms in total. The largest absolute Gasteiger partial charge is 0.423 e. The van der Waals surface area contributed by atoms with Gasteiger partial charge in [0.05, 0.1) is 12.2 Å². The fourth-order valence-electron chi connectivity index (χ4n) is 1.37. The number of aromatic nitrogens is 1. The van der Waals surface area contributed by atoms with Crippen LogP contribution in [0.5, 0.6) is 0 Å². The molecule has 0 aliphatic rings. The van der Waals surface area contributed by atoms with Gasteiger partial charge < -0.3 is 10.6 Å². The lowest BCUT2D eigenvalue weighted by Gasteiger charge is -2.24. The first-order chi connectivity index (χ1) is 10.2. The van der Waals surface area contributed by atoms with Gasteiger partial charge in [0.2, 0.25) is 5.67 Å². The summed E-state index contributed by atoms with van der Waals surface area (Å²) in [5, 5.41) is 5.15. The van der Waals surface area contributed by atoms with Crippen LogP contribution in [0.25, 0.3) is 6.08 Å². The highest BCUT2D eigenvalue weighted by Gasteiger charge is 2.51. The lowest BCUT2D eigenvalue weighted by atomic mass is 10.1. The molecule has 0 aliphatic heterocycles. The summed E-state index contributed by atoms with van der Waals surface area (Å²) >= 11 is 4.21. The van der Waals surface area contributed by atoms with E-state index in [0.717, 1.165) is 0 Å². The van der Waals surface area contributed by atoms with Crippen LogP contribution in [0.15, 0.2) is 41.2 Å². The smallest absolute Gasteiger partial charge is 0.394 e. The fraction of sp³-hybridized carbons (Fsp3) is 0.357. The Morgan fingerprint density at radius 3 is 2.59 bits per heavy atom. The van der Waals surface area contributed by atoms with Crippen LogP contribution in [0.4, 0.5) is 17.6 Å². The predicted octanol–water partition coefficient (Wildman–Crippen LogP) is 3.32. The van der Waals surface area contributed by atoms with Gasteiger partial charge in [-0.2, -0.15) is 13.2 Å². The summed E-state index contributed by atoms with van der Waals surface area (Å²) < 4.78 is 51.2. The monoisotopic (exact) mass is 335 g/mol. The molecule has 0 aromatic carbocycles. The van der Waals surface area contributed by atoms with Gasteiger partial charge >= 0.3 is 6.18 Å². The Morgan fingerprint density at radius 1 is 1.36 bits per heavy atom. The summed E-state index contributed by atoms with van der Waals surface area (Å²) in [5.41, 5.74) is -2.61. The first kappa shape index (κ1) is 18.3. The maximum Gasteiger partial charge on any atom is 0.423 e. The zero-order valence-electron chi connectivity index (χ0n) is 12.1. The third-order valence-electron chi connectivity index (χ3n) is 2.75. The number of halogens is 4. The van der Waals surface area contributed by atoms with Gasteiger partial charge in [-0.1, -0.05) is 0 Å². The maximum absolute atomic E-state index is 13.6. The Kier molecular flexibility index (Phi) is 6.28. The predicted molar refractivity (Wildman–Crippen MR) is 81.2 cm³/mol. The fourth-order valence-corrected chi connectivity index (χ4v) is 1.58. The van der Waals surface area contributed by atoms with Crippen LogP contribution in [0.1, 0.15) is 12.6 Å². The Bertz CT molecular complexity index is 553. The molecule has 0 saturated carbocycles. The average Bonchev–Trinajstić information content (AvgIpc) is 2.42. The van der Waals surface area contributed by atoms with Crippen LogP contribution in [-0.2, 0) is 0 Å². The van der Waals surface area contributed by atoms with Gasteiger partial charge in [0.25, 0.3) is 0 Å². The lowest BCUT2D eigenvalue weighted by molar-refractivity contribution is -0.221. The zero-order chi connectivity index (χ0) is 16.8. The number of nitrogens with one attached hydrogen (secondary N) is 2. The molecular formula is C14H17F4N3S. The summed E-state index contributed by atoms with van der Waals surface area (Å²) in [6, 6.07) is 3.37. The summed E-state index contributed by atoms with van der Waals surface area (Å²) in [5.74, 6) is 0.